The third-order valence-corrected chi connectivity index (χ3v) is 6.31. The van der Waals surface area contributed by atoms with Crippen molar-refractivity contribution in [2.24, 2.45) is 5.92 Å². The minimum absolute atomic E-state index is 1.03. The SMILES string of the molecule is C=Cc1cnccc1C1=CN(C)C(=C)C(/C=C(\C)CC)=C1C.CCC1CC1.CCCNCCC. The van der Waals surface area contributed by atoms with Gasteiger partial charge < -0.3 is 10.2 Å². The molecule has 1 aromatic rings. The van der Waals surface area contributed by atoms with E-state index in [1.807, 2.05) is 31.6 Å². The van der Waals surface area contributed by atoms with Crippen molar-refractivity contribution in [3.63, 3.8) is 0 Å². The van der Waals surface area contributed by atoms with Gasteiger partial charge in [-0.3, -0.25) is 4.98 Å². The van der Waals surface area contributed by atoms with Gasteiger partial charge in [0.1, 0.15) is 0 Å². The molecule has 2 heterocycles. The summed E-state index contributed by atoms with van der Waals surface area (Å²) in [4.78, 5) is 6.28. The third kappa shape index (κ3) is 9.85. The molecule has 1 N–H and O–H groups in total. The molecule has 1 aromatic heterocycles. The molecule has 1 aliphatic carbocycles. The summed E-state index contributed by atoms with van der Waals surface area (Å²) in [5, 5.41) is 3.28. The average Bonchev–Trinajstić information content (AvgIpc) is 3.70. The fraction of sp³-hybridized carbons (Fsp3) is 0.516. The molecule has 34 heavy (non-hydrogen) atoms. The maximum atomic E-state index is 4.23. The maximum Gasteiger partial charge on any atom is 0.0407 e. The fourth-order valence-corrected chi connectivity index (χ4v) is 3.55. The molecule has 3 nitrogen and oxygen atoms in total. The Hall–Kier alpha value is -2.39. The molecule has 1 saturated carbocycles. The number of aromatic nitrogens is 1. The summed E-state index contributed by atoms with van der Waals surface area (Å²) in [6.07, 6.45) is 17.9. The normalized spacial score (nSPS) is 15.7. The van der Waals surface area contributed by atoms with Gasteiger partial charge in [-0.1, -0.05) is 77.8 Å². The Morgan fingerprint density at radius 3 is 2.29 bits per heavy atom. The maximum absolute atomic E-state index is 4.23. The van der Waals surface area contributed by atoms with Crippen LogP contribution in [0.25, 0.3) is 11.6 Å². The highest BCUT2D eigenvalue weighted by atomic mass is 15.1. The number of rotatable bonds is 9. The first-order chi connectivity index (χ1) is 16.3. The molecule has 3 heteroatoms. The Kier molecular flexibility index (Phi) is 14.2. The molecule has 188 valence electrons. The van der Waals surface area contributed by atoms with Gasteiger partial charge in [0, 0.05) is 48.0 Å². The third-order valence-electron chi connectivity index (χ3n) is 6.31. The number of nitrogens with zero attached hydrogens (tertiary/aromatic N) is 2. The van der Waals surface area contributed by atoms with Crippen molar-refractivity contribution in [2.75, 3.05) is 20.1 Å². The quantitative estimate of drug-likeness (QED) is 0.373. The van der Waals surface area contributed by atoms with Crippen molar-refractivity contribution >= 4 is 11.6 Å². The number of nitrogens with one attached hydrogen (secondary N) is 1. The molecule has 0 atom stereocenters. The van der Waals surface area contributed by atoms with E-state index in [0.717, 1.165) is 29.2 Å². The molecule has 1 aliphatic heterocycles. The van der Waals surface area contributed by atoms with E-state index in [4.69, 9.17) is 0 Å². The Bertz CT molecular complexity index is 864. The Balaban J connectivity index is 0.000000393. The summed E-state index contributed by atoms with van der Waals surface area (Å²) in [7, 11) is 2.04. The fourth-order valence-electron chi connectivity index (χ4n) is 3.55. The summed E-state index contributed by atoms with van der Waals surface area (Å²) in [6, 6.07) is 2.04. The van der Waals surface area contributed by atoms with Crippen LogP contribution >= 0.6 is 0 Å². The molecule has 0 spiro atoms. The molecular weight excluding hydrogens is 414 g/mol. The average molecular weight is 464 g/mol. The summed E-state index contributed by atoms with van der Waals surface area (Å²) in [5.41, 5.74) is 8.22. The Labute approximate surface area is 210 Å². The summed E-state index contributed by atoms with van der Waals surface area (Å²) in [6.45, 7) is 23.6. The second-order valence-corrected chi connectivity index (χ2v) is 9.25. The van der Waals surface area contributed by atoms with E-state index in [9.17, 15) is 0 Å². The lowest BCUT2D eigenvalue weighted by molar-refractivity contribution is 0.579. The molecule has 0 radical (unpaired) electrons. The number of pyridine rings is 1. The Morgan fingerprint density at radius 1 is 1.18 bits per heavy atom. The zero-order valence-corrected chi connectivity index (χ0v) is 23.0. The van der Waals surface area contributed by atoms with Gasteiger partial charge in [0.05, 0.1) is 0 Å². The minimum atomic E-state index is 1.03. The summed E-state index contributed by atoms with van der Waals surface area (Å²) in [5.74, 6) is 1.13. The van der Waals surface area contributed by atoms with Crippen LogP contribution in [0.15, 0.2) is 66.3 Å². The number of hydrogen-bond acceptors (Lipinski definition) is 3. The summed E-state index contributed by atoms with van der Waals surface area (Å²) < 4.78 is 0. The largest absolute Gasteiger partial charge is 0.350 e. The van der Waals surface area contributed by atoms with Crippen LogP contribution in [-0.4, -0.2) is 30.0 Å². The van der Waals surface area contributed by atoms with Gasteiger partial charge in [0.25, 0.3) is 0 Å². The lowest BCUT2D eigenvalue weighted by Gasteiger charge is -2.29. The number of likely N-dealkylation sites (N-methyl/N-ethyl adjacent to an activating group) is 1. The van der Waals surface area contributed by atoms with E-state index < -0.39 is 0 Å². The zero-order chi connectivity index (χ0) is 25.5. The second kappa shape index (κ2) is 16.3. The predicted octanol–water partition coefficient (Wildman–Crippen LogP) is 8.40. The topological polar surface area (TPSA) is 28.2 Å². The Morgan fingerprint density at radius 2 is 1.82 bits per heavy atom. The van der Waals surface area contributed by atoms with Crippen molar-refractivity contribution in [3.8, 4) is 0 Å². The standard InChI is InChI=1S/C20H24N2.C6H15N.C5H10/c1-7-14(3)11-19-15(4)20(13-22(6)16(19)5)18-9-10-21-12-17(18)8-2;1-3-5-7-6-4-2;1-2-5-3-4-5/h8-13H,2,5,7H2,1,3-4,6H3;7H,3-6H2,1-2H3;5H,2-4H2,1H3/b14-11+;;. The highest BCUT2D eigenvalue weighted by Crippen LogP contribution is 2.36. The minimum Gasteiger partial charge on any atom is -0.350 e. The predicted molar refractivity (Wildman–Crippen MR) is 152 cm³/mol. The molecule has 3 rings (SSSR count). The van der Waals surface area contributed by atoms with Crippen LogP contribution in [0.4, 0.5) is 0 Å². The van der Waals surface area contributed by atoms with E-state index in [2.05, 4.69) is 82.2 Å². The van der Waals surface area contributed by atoms with Gasteiger partial charge in [-0.05, 0) is 69.3 Å². The first kappa shape index (κ1) is 29.6. The van der Waals surface area contributed by atoms with Crippen molar-refractivity contribution in [1.82, 2.24) is 15.2 Å². The van der Waals surface area contributed by atoms with Gasteiger partial charge in [-0.15, -0.1) is 0 Å². The van der Waals surface area contributed by atoms with Gasteiger partial charge >= 0.3 is 0 Å². The van der Waals surface area contributed by atoms with Gasteiger partial charge in [0.15, 0.2) is 0 Å². The highest BCUT2D eigenvalue weighted by molar-refractivity contribution is 5.86. The van der Waals surface area contributed by atoms with Crippen molar-refractivity contribution in [3.05, 3.63) is 77.4 Å². The first-order valence-electron chi connectivity index (χ1n) is 13.1. The van der Waals surface area contributed by atoms with E-state index in [1.165, 1.54) is 67.5 Å². The van der Waals surface area contributed by atoms with Crippen LogP contribution in [0.3, 0.4) is 0 Å². The first-order valence-corrected chi connectivity index (χ1v) is 13.1. The van der Waals surface area contributed by atoms with Crippen molar-refractivity contribution in [1.29, 1.82) is 0 Å². The molecule has 0 bridgehead atoms. The lowest BCUT2D eigenvalue weighted by atomic mass is 9.89. The van der Waals surface area contributed by atoms with Gasteiger partial charge in [-0.25, -0.2) is 0 Å². The molecule has 1 fully saturated rings. The molecule has 2 aliphatic rings. The zero-order valence-electron chi connectivity index (χ0n) is 23.0. The van der Waals surface area contributed by atoms with Crippen LogP contribution < -0.4 is 5.32 Å². The second-order valence-electron chi connectivity index (χ2n) is 9.25. The van der Waals surface area contributed by atoms with E-state index in [0.29, 0.717) is 0 Å². The van der Waals surface area contributed by atoms with Crippen molar-refractivity contribution in [2.45, 2.75) is 80.1 Å². The lowest BCUT2D eigenvalue weighted by Crippen LogP contribution is -2.17. The highest BCUT2D eigenvalue weighted by Gasteiger charge is 2.20. The smallest absolute Gasteiger partial charge is 0.0407 e. The van der Waals surface area contributed by atoms with E-state index in [-0.39, 0.29) is 0 Å². The van der Waals surface area contributed by atoms with Gasteiger partial charge in [0.2, 0.25) is 0 Å². The van der Waals surface area contributed by atoms with Crippen LogP contribution in [0.1, 0.15) is 91.2 Å². The molecule has 0 aromatic carbocycles. The van der Waals surface area contributed by atoms with Crippen LogP contribution in [-0.2, 0) is 0 Å². The number of allylic oxidation sites excluding steroid dienone is 4. The molecule has 0 amide bonds. The number of hydrogen-bond donors (Lipinski definition) is 1. The van der Waals surface area contributed by atoms with E-state index >= 15 is 0 Å². The molecular formula is C31H49N3. The monoisotopic (exact) mass is 463 g/mol. The van der Waals surface area contributed by atoms with Crippen LogP contribution in [0.2, 0.25) is 0 Å². The van der Waals surface area contributed by atoms with Crippen molar-refractivity contribution < 1.29 is 0 Å². The van der Waals surface area contributed by atoms with Gasteiger partial charge in [-0.2, -0.15) is 0 Å². The molecule has 0 saturated heterocycles. The van der Waals surface area contributed by atoms with Crippen LogP contribution in [0, 0.1) is 5.92 Å². The van der Waals surface area contributed by atoms with Crippen LogP contribution in [0.5, 0.6) is 0 Å². The molecule has 0 unspecified atom stereocenters. The summed E-state index contributed by atoms with van der Waals surface area (Å²) >= 11 is 0. The van der Waals surface area contributed by atoms with E-state index in [1.54, 1.807) is 0 Å².